The van der Waals surface area contributed by atoms with Crippen molar-refractivity contribution in [2.45, 2.75) is 64.5 Å². The van der Waals surface area contributed by atoms with E-state index in [-0.39, 0.29) is 12.1 Å². The maximum absolute atomic E-state index is 11.8. The first kappa shape index (κ1) is 14.8. The summed E-state index contributed by atoms with van der Waals surface area (Å²) in [5.41, 5.74) is -1.03. The molecule has 1 rings (SSSR count). The van der Waals surface area contributed by atoms with Crippen molar-refractivity contribution in [2.75, 3.05) is 0 Å². The van der Waals surface area contributed by atoms with Gasteiger partial charge in [-0.2, -0.15) is 0 Å². The Kier molecular flexibility index (Phi) is 4.99. The van der Waals surface area contributed by atoms with Crippen molar-refractivity contribution in [2.24, 2.45) is 5.92 Å². The van der Waals surface area contributed by atoms with E-state index in [4.69, 9.17) is 5.11 Å². The summed E-state index contributed by atoms with van der Waals surface area (Å²) in [6.45, 7) is 6.20. The lowest BCUT2D eigenvalue weighted by atomic mass is 9.77. The minimum Gasteiger partial charge on any atom is -0.480 e. The predicted molar refractivity (Wildman–Crippen MR) is 69.4 cm³/mol. The SMILES string of the molecule is CCC(C)CC(C)NC(=O)NC1(C(=O)O)CCC1. The van der Waals surface area contributed by atoms with E-state index in [1.165, 1.54) is 0 Å². The first-order valence-electron chi connectivity index (χ1n) is 6.71. The van der Waals surface area contributed by atoms with E-state index in [1.54, 1.807) is 0 Å². The number of nitrogens with one attached hydrogen (secondary N) is 2. The fraction of sp³-hybridized carbons (Fsp3) is 0.846. The van der Waals surface area contributed by atoms with Gasteiger partial charge in [-0.05, 0) is 38.5 Å². The second kappa shape index (κ2) is 6.07. The van der Waals surface area contributed by atoms with Crippen LogP contribution in [0.3, 0.4) is 0 Å². The highest BCUT2D eigenvalue weighted by Gasteiger charge is 2.45. The van der Waals surface area contributed by atoms with E-state index >= 15 is 0 Å². The lowest BCUT2D eigenvalue weighted by molar-refractivity contribution is -0.148. The van der Waals surface area contributed by atoms with E-state index in [2.05, 4.69) is 24.5 Å². The van der Waals surface area contributed by atoms with Gasteiger partial charge < -0.3 is 15.7 Å². The van der Waals surface area contributed by atoms with Gasteiger partial charge in [0.2, 0.25) is 0 Å². The Morgan fingerprint density at radius 3 is 2.33 bits per heavy atom. The lowest BCUT2D eigenvalue weighted by Gasteiger charge is -2.38. The molecule has 2 amide bonds. The molecule has 0 aromatic heterocycles. The first-order chi connectivity index (χ1) is 8.39. The van der Waals surface area contributed by atoms with Crippen molar-refractivity contribution in [3.8, 4) is 0 Å². The fourth-order valence-corrected chi connectivity index (χ4v) is 2.23. The third-order valence-electron chi connectivity index (χ3n) is 3.80. The molecule has 0 heterocycles. The molecule has 2 unspecified atom stereocenters. The number of carbonyl (C=O) groups excluding carboxylic acids is 1. The van der Waals surface area contributed by atoms with Crippen LogP contribution in [0.4, 0.5) is 4.79 Å². The van der Waals surface area contributed by atoms with Crippen LogP contribution in [0.25, 0.3) is 0 Å². The molecule has 2 atom stereocenters. The maximum atomic E-state index is 11.8. The molecule has 104 valence electrons. The molecule has 0 aliphatic heterocycles. The summed E-state index contributed by atoms with van der Waals surface area (Å²) in [5.74, 6) is -0.379. The molecular weight excluding hydrogens is 232 g/mol. The highest BCUT2D eigenvalue weighted by molar-refractivity contribution is 5.87. The summed E-state index contributed by atoms with van der Waals surface area (Å²) in [6, 6.07) is -0.307. The molecule has 1 aliphatic rings. The number of amides is 2. The Hall–Kier alpha value is -1.26. The van der Waals surface area contributed by atoms with Gasteiger partial charge in [0, 0.05) is 6.04 Å². The number of hydrogen-bond acceptors (Lipinski definition) is 2. The molecule has 5 heteroatoms. The zero-order valence-electron chi connectivity index (χ0n) is 11.5. The van der Waals surface area contributed by atoms with Crippen LogP contribution in [-0.4, -0.2) is 28.7 Å². The lowest BCUT2D eigenvalue weighted by Crippen LogP contribution is -2.61. The highest BCUT2D eigenvalue weighted by Crippen LogP contribution is 2.31. The standard InChI is InChI=1S/C13H24N2O3/c1-4-9(2)8-10(3)14-12(18)15-13(11(16)17)6-5-7-13/h9-10H,4-8H2,1-3H3,(H,16,17)(H2,14,15,18). The molecule has 18 heavy (non-hydrogen) atoms. The van der Waals surface area contributed by atoms with E-state index in [0.717, 1.165) is 19.3 Å². The summed E-state index contributed by atoms with van der Waals surface area (Å²) < 4.78 is 0. The van der Waals surface area contributed by atoms with Gasteiger partial charge in [-0.3, -0.25) is 0 Å². The molecule has 1 saturated carbocycles. The van der Waals surface area contributed by atoms with Gasteiger partial charge in [-0.25, -0.2) is 9.59 Å². The molecule has 1 aliphatic carbocycles. The molecular formula is C13H24N2O3. The Bertz CT molecular complexity index is 313. The van der Waals surface area contributed by atoms with Gasteiger partial charge in [0.25, 0.3) is 0 Å². The summed E-state index contributed by atoms with van der Waals surface area (Å²) in [5, 5.41) is 14.5. The molecule has 0 radical (unpaired) electrons. The normalized spacial score (nSPS) is 20.4. The Morgan fingerprint density at radius 1 is 1.33 bits per heavy atom. The third-order valence-corrected chi connectivity index (χ3v) is 3.80. The van der Waals surface area contributed by atoms with E-state index in [1.807, 2.05) is 6.92 Å². The minimum atomic E-state index is -1.03. The highest BCUT2D eigenvalue weighted by atomic mass is 16.4. The average Bonchev–Trinajstić information content (AvgIpc) is 2.22. The van der Waals surface area contributed by atoms with Gasteiger partial charge in [0.1, 0.15) is 5.54 Å². The first-order valence-corrected chi connectivity index (χ1v) is 6.71. The predicted octanol–water partition coefficient (Wildman–Crippen LogP) is 2.12. The van der Waals surface area contributed by atoms with Crippen molar-refractivity contribution in [3.05, 3.63) is 0 Å². The third kappa shape index (κ3) is 3.62. The Balaban J connectivity index is 2.39. The molecule has 0 saturated heterocycles. The fourth-order valence-electron chi connectivity index (χ4n) is 2.23. The Morgan fingerprint density at radius 2 is 1.94 bits per heavy atom. The van der Waals surface area contributed by atoms with Crippen LogP contribution in [0.2, 0.25) is 0 Å². The second-order valence-corrected chi connectivity index (χ2v) is 5.49. The van der Waals surface area contributed by atoms with Gasteiger partial charge in [0.05, 0.1) is 0 Å². The maximum Gasteiger partial charge on any atom is 0.329 e. The summed E-state index contributed by atoms with van der Waals surface area (Å²) in [4.78, 5) is 22.9. The number of carboxylic acids is 1. The van der Waals surface area contributed by atoms with Crippen LogP contribution < -0.4 is 10.6 Å². The molecule has 0 aromatic carbocycles. The van der Waals surface area contributed by atoms with Crippen molar-refractivity contribution in [1.82, 2.24) is 10.6 Å². The van der Waals surface area contributed by atoms with E-state index in [9.17, 15) is 9.59 Å². The monoisotopic (exact) mass is 256 g/mol. The molecule has 0 spiro atoms. The van der Waals surface area contributed by atoms with Gasteiger partial charge >= 0.3 is 12.0 Å². The van der Waals surface area contributed by atoms with Crippen LogP contribution in [0.5, 0.6) is 0 Å². The largest absolute Gasteiger partial charge is 0.480 e. The van der Waals surface area contributed by atoms with E-state index in [0.29, 0.717) is 18.8 Å². The minimum absolute atomic E-state index is 0.0610. The van der Waals surface area contributed by atoms with Crippen LogP contribution in [0.15, 0.2) is 0 Å². The number of rotatable bonds is 6. The second-order valence-electron chi connectivity index (χ2n) is 5.49. The zero-order chi connectivity index (χ0) is 13.8. The topological polar surface area (TPSA) is 78.4 Å². The van der Waals surface area contributed by atoms with Crippen molar-refractivity contribution >= 4 is 12.0 Å². The average molecular weight is 256 g/mol. The number of aliphatic carboxylic acids is 1. The number of hydrogen-bond donors (Lipinski definition) is 3. The van der Waals surface area contributed by atoms with Crippen molar-refractivity contribution in [1.29, 1.82) is 0 Å². The van der Waals surface area contributed by atoms with E-state index < -0.39 is 11.5 Å². The number of carbonyl (C=O) groups is 2. The molecule has 3 N–H and O–H groups in total. The smallest absolute Gasteiger partial charge is 0.329 e. The van der Waals surface area contributed by atoms with Crippen LogP contribution in [-0.2, 0) is 4.79 Å². The quantitative estimate of drug-likeness (QED) is 0.681. The number of urea groups is 1. The van der Waals surface area contributed by atoms with Crippen LogP contribution in [0, 0.1) is 5.92 Å². The molecule has 0 aromatic rings. The van der Waals surface area contributed by atoms with Gasteiger partial charge in [-0.1, -0.05) is 20.3 Å². The van der Waals surface area contributed by atoms with Crippen LogP contribution in [0.1, 0.15) is 52.9 Å². The van der Waals surface area contributed by atoms with Gasteiger partial charge in [0.15, 0.2) is 0 Å². The van der Waals surface area contributed by atoms with Crippen LogP contribution >= 0.6 is 0 Å². The Labute approximate surface area is 108 Å². The summed E-state index contributed by atoms with van der Waals surface area (Å²) >= 11 is 0. The summed E-state index contributed by atoms with van der Waals surface area (Å²) in [6.07, 6.45) is 3.89. The van der Waals surface area contributed by atoms with Gasteiger partial charge in [-0.15, -0.1) is 0 Å². The van der Waals surface area contributed by atoms with Crippen molar-refractivity contribution < 1.29 is 14.7 Å². The van der Waals surface area contributed by atoms with Crippen molar-refractivity contribution in [3.63, 3.8) is 0 Å². The molecule has 0 bridgehead atoms. The molecule has 1 fully saturated rings. The zero-order valence-corrected chi connectivity index (χ0v) is 11.5. The molecule has 5 nitrogen and oxygen atoms in total. The summed E-state index contributed by atoms with van der Waals surface area (Å²) in [7, 11) is 0. The number of carboxylic acid groups (broad SMARTS) is 1.